The van der Waals surface area contributed by atoms with Crippen molar-refractivity contribution in [2.45, 2.75) is 38.3 Å². The van der Waals surface area contributed by atoms with Crippen molar-refractivity contribution >= 4 is 5.91 Å². The number of ether oxygens (including phenoxy) is 2. The first-order valence-corrected chi connectivity index (χ1v) is 6.95. The minimum Gasteiger partial charge on any atom is -0.381 e. The van der Waals surface area contributed by atoms with Gasteiger partial charge in [0.2, 0.25) is 5.91 Å². The maximum atomic E-state index is 11.8. The molecule has 5 heteroatoms. The van der Waals surface area contributed by atoms with Gasteiger partial charge in [-0.25, -0.2) is 0 Å². The summed E-state index contributed by atoms with van der Waals surface area (Å²) < 4.78 is 11.0. The average molecular weight is 256 g/mol. The molecule has 2 unspecified atom stereocenters. The zero-order chi connectivity index (χ0) is 12.8. The number of hydrogen-bond donors (Lipinski definition) is 2. The molecule has 1 amide bonds. The third kappa shape index (κ3) is 4.23. The van der Waals surface area contributed by atoms with Crippen LogP contribution in [0.25, 0.3) is 0 Å². The van der Waals surface area contributed by atoms with E-state index in [0.29, 0.717) is 5.92 Å². The van der Waals surface area contributed by atoms with E-state index in [2.05, 4.69) is 17.6 Å². The quantitative estimate of drug-likeness (QED) is 0.759. The molecular weight excluding hydrogens is 232 g/mol. The van der Waals surface area contributed by atoms with Crippen LogP contribution in [-0.4, -0.2) is 51.0 Å². The Labute approximate surface area is 109 Å². The van der Waals surface area contributed by atoms with Crippen LogP contribution in [0.1, 0.15) is 26.2 Å². The van der Waals surface area contributed by atoms with Gasteiger partial charge in [-0.05, 0) is 31.7 Å². The van der Waals surface area contributed by atoms with E-state index in [1.165, 1.54) is 0 Å². The molecule has 2 aliphatic heterocycles. The summed E-state index contributed by atoms with van der Waals surface area (Å²) in [6.07, 6.45) is 3.10. The van der Waals surface area contributed by atoms with E-state index in [4.69, 9.17) is 9.47 Å². The van der Waals surface area contributed by atoms with Crippen LogP contribution in [0.5, 0.6) is 0 Å². The van der Waals surface area contributed by atoms with Crippen LogP contribution in [0.3, 0.4) is 0 Å². The Balaban J connectivity index is 1.64. The zero-order valence-electron chi connectivity index (χ0n) is 11.1. The molecule has 0 radical (unpaired) electrons. The maximum absolute atomic E-state index is 11.8. The normalized spacial score (nSPS) is 30.1. The van der Waals surface area contributed by atoms with Gasteiger partial charge in [-0.1, -0.05) is 6.92 Å². The first-order chi connectivity index (χ1) is 8.75. The van der Waals surface area contributed by atoms with Gasteiger partial charge in [-0.15, -0.1) is 0 Å². The van der Waals surface area contributed by atoms with Crippen molar-refractivity contribution in [3.8, 4) is 0 Å². The third-order valence-electron chi connectivity index (χ3n) is 3.77. The van der Waals surface area contributed by atoms with Gasteiger partial charge in [-0.3, -0.25) is 4.79 Å². The zero-order valence-corrected chi connectivity index (χ0v) is 11.1. The van der Waals surface area contributed by atoms with Crippen LogP contribution in [0.4, 0.5) is 0 Å². The Morgan fingerprint density at radius 2 is 2.17 bits per heavy atom. The molecule has 0 aromatic rings. The van der Waals surface area contributed by atoms with Gasteiger partial charge in [0.25, 0.3) is 0 Å². The van der Waals surface area contributed by atoms with Crippen molar-refractivity contribution in [3.63, 3.8) is 0 Å². The molecule has 18 heavy (non-hydrogen) atoms. The second-order valence-electron chi connectivity index (χ2n) is 5.27. The molecule has 0 aromatic heterocycles. The predicted molar refractivity (Wildman–Crippen MR) is 68.4 cm³/mol. The van der Waals surface area contributed by atoms with Crippen LogP contribution in [0.15, 0.2) is 0 Å². The van der Waals surface area contributed by atoms with Crippen molar-refractivity contribution in [3.05, 3.63) is 0 Å². The number of carbonyl (C=O) groups excluding carboxylic acids is 1. The summed E-state index contributed by atoms with van der Waals surface area (Å²) in [5, 5.41) is 6.31. The van der Waals surface area contributed by atoms with E-state index in [9.17, 15) is 4.79 Å². The van der Waals surface area contributed by atoms with Crippen LogP contribution in [0.2, 0.25) is 0 Å². The fourth-order valence-electron chi connectivity index (χ4n) is 2.48. The number of rotatable bonds is 4. The van der Waals surface area contributed by atoms with Gasteiger partial charge in [0.1, 0.15) is 6.61 Å². The van der Waals surface area contributed by atoms with Crippen molar-refractivity contribution in [1.82, 2.24) is 10.6 Å². The molecule has 2 rings (SSSR count). The van der Waals surface area contributed by atoms with Crippen LogP contribution in [0, 0.1) is 5.92 Å². The molecule has 104 valence electrons. The molecule has 2 aliphatic rings. The van der Waals surface area contributed by atoms with Crippen LogP contribution in [-0.2, 0) is 14.3 Å². The first kappa shape index (κ1) is 13.8. The van der Waals surface area contributed by atoms with Crippen LogP contribution >= 0.6 is 0 Å². The summed E-state index contributed by atoms with van der Waals surface area (Å²) in [5.74, 6) is 0.529. The maximum Gasteiger partial charge on any atom is 0.246 e. The summed E-state index contributed by atoms with van der Waals surface area (Å²) in [7, 11) is 0. The Hall–Kier alpha value is -0.650. The second-order valence-corrected chi connectivity index (χ2v) is 5.27. The monoisotopic (exact) mass is 256 g/mol. The van der Waals surface area contributed by atoms with Crippen molar-refractivity contribution in [1.29, 1.82) is 0 Å². The smallest absolute Gasteiger partial charge is 0.246 e. The lowest BCUT2D eigenvalue weighted by Gasteiger charge is -2.29. The van der Waals surface area contributed by atoms with E-state index >= 15 is 0 Å². The highest BCUT2D eigenvalue weighted by Gasteiger charge is 2.23. The number of carbonyl (C=O) groups is 1. The Kier molecular flexibility index (Phi) is 5.41. The highest BCUT2D eigenvalue weighted by molar-refractivity contribution is 5.77. The molecule has 2 heterocycles. The van der Waals surface area contributed by atoms with Gasteiger partial charge in [0.15, 0.2) is 0 Å². The minimum atomic E-state index is -0.000302. The molecule has 0 saturated carbocycles. The molecule has 0 bridgehead atoms. The summed E-state index contributed by atoms with van der Waals surface area (Å²) in [5.41, 5.74) is 0. The SMILES string of the molecule is CC1CCNCC1OCC(=O)NC1CCOCC1. The Morgan fingerprint density at radius 3 is 2.89 bits per heavy atom. The highest BCUT2D eigenvalue weighted by Crippen LogP contribution is 2.14. The van der Waals surface area contributed by atoms with E-state index in [1.54, 1.807) is 0 Å². The lowest BCUT2D eigenvalue weighted by atomic mass is 9.97. The average Bonchev–Trinajstić information content (AvgIpc) is 2.39. The van der Waals surface area contributed by atoms with Gasteiger partial charge in [0, 0.05) is 25.8 Å². The lowest BCUT2D eigenvalue weighted by molar-refractivity contribution is -0.130. The first-order valence-electron chi connectivity index (χ1n) is 6.95. The molecule has 0 aromatic carbocycles. The van der Waals surface area contributed by atoms with E-state index in [0.717, 1.165) is 45.6 Å². The highest BCUT2D eigenvalue weighted by atomic mass is 16.5. The molecule has 2 atom stereocenters. The molecule has 5 nitrogen and oxygen atoms in total. The minimum absolute atomic E-state index is 0.000302. The lowest BCUT2D eigenvalue weighted by Crippen LogP contribution is -2.45. The molecule has 2 fully saturated rings. The van der Waals surface area contributed by atoms with Gasteiger partial charge < -0.3 is 20.1 Å². The van der Waals surface area contributed by atoms with E-state index < -0.39 is 0 Å². The van der Waals surface area contributed by atoms with Gasteiger partial charge >= 0.3 is 0 Å². The van der Waals surface area contributed by atoms with Gasteiger partial charge in [-0.2, -0.15) is 0 Å². The van der Waals surface area contributed by atoms with E-state index in [1.807, 2.05) is 0 Å². The third-order valence-corrected chi connectivity index (χ3v) is 3.77. The van der Waals surface area contributed by atoms with Crippen molar-refractivity contribution in [2.24, 2.45) is 5.92 Å². The van der Waals surface area contributed by atoms with Crippen molar-refractivity contribution < 1.29 is 14.3 Å². The standard InChI is InChI=1S/C13H24N2O3/c1-10-2-5-14-8-12(10)18-9-13(16)15-11-3-6-17-7-4-11/h10-12,14H,2-9H2,1H3,(H,15,16). The molecule has 0 aliphatic carbocycles. The van der Waals surface area contributed by atoms with Crippen LogP contribution < -0.4 is 10.6 Å². The summed E-state index contributed by atoms with van der Waals surface area (Å²) in [6, 6.07) is 0.261. The molecular formula is C13H24N2O3. The number of hydrogen-bond acceptors (Lipinski definition) is 4. The second kappa shape index (κ2) is 7.07. The Morgan fingerprint density at radius 1 is 1.39 bits per heavy atom. The van der Waals surface area contributed by atoms with Crippen molar-refractivity contribution in [2.75, 3.05) is 32.9 Å². The molecule has 2 N–H and O–H groups in total. The van der Waals surface area contributed by atoms with E-state index in [-0.39, 0.29) is 24.7 Å². The topological polar surface area (TPSA) is 59.6 Å². The fraction of sp³-hybridized carbons (Fsp3) is 0.923. The summed E-state index contributed by atoms with van der Waals surface area (Å²) in [4.78, 5) is 11.8. The number of amides is 1. The summed E-state index contributed by atoms with van der Waals surface area (Å²) in [6.45, 7) is 5.75. The predicted octanol–water partition coefficient (Wildman–Crippen LogP) is 0.296. The number of piperidine rings is 1. The molecule has 2 saturated heterocycles. The number of nitrogens with one attached hydrogen (secondary N) is 2. The largest absolute Gasteiger partial charge is 0.381 e. The van der Waals surface area contributed by atoms with Gasteiger partial charge in [0.05, 0.1) is 6.10 Å². The Bertz CT molecular complexity index is 267. The fourth-order valence-corrected chi connectivity index (χ4v) is 2.48. The molecule has 0 spiro atoms. The summed E-state index contributed by atoms with van der Waals surface area (Å²) >= 11 is 0.